The number of halogens is 4. The highest BCUT2D eigenvalue weighted by Gasteiger charge is 2.53. The van der Waals surface area contributed by atoms with E-state index >= 15 is 13.2 Å². The van der Waals surface area contributed by atoms with Crippen LogP contribution < -0.4 is 15.0 Å². The number of aromatic nitrogens is 2. The quantitative estimate of drug-likeness (QED) is 0.104. The molecule has 0 amide bonds. The topological polar surface area (TPSA) is 73.8 Å². The average molecular weight is 670 g/mol. The molecule has 252 valence electrons. The average Bonchev–Trinajstić information content (AvgIpc) is 3.72. The van der Waals surface area contributed by atoms with Gasteiger partial charge in [-0.1, -0.05) is 24.1 Å². The first-order chi connectivity index (χ1) is 23.6. The number of nitrogens with one attached hydrogen (secondary N) is 1. The lowest BCUT2D eigenvalue weighted by Crippen LogP contribution is -2.61. The third-order valence-electron chi connectivity index (χ3n) is 11.6. The van der Waals surface area contributed by atoms with Crippen molar-refractivity contribution in [2.24, 2.45) is 5.92 Å². The molecular formula is C38H35F4N5O2. The van der Waals surface area contributed by atoms with Gasteiger partial charge in [-0.2, -0.15) is 9.97 Å². The van der Waals surface area contributed by atoms with Crippen LogP contribution in [0.1, 0.15) is 50.5 Å². The molecule has 7 nitrogen and oxygen atoms in total. The van der Waals surface area contributed by atoms with E-state index in [1.54, 1.807) is 0 Å². The fraction of sp³-hybridized carbons (Fsp3) is 0.421. The van der Waals surface area contributed by atoms with E-state index in [-0.39, 0.29) is 68.6 Å². The molecule has 4 aromatic rings. The highest BCUT2D eigenvalue weighted by Crippen LogP contribution is 2.50. The van der Waals surface area contributed by atoms with E-state index in [4.69, 9.17) is 16.1 Å². The smallest absolute Gasteiger partial charge is 0.319 e. The Morgan fingerprint density at radius 2 is 1.90 bits per heavy atom. The Balaban J connectivity index is 1.25. The monoisotopic (exact) mass is 669 g/mol. The van der Waals surface area contributed by atoms with Gasteiger partial charge < -0.3 is 20.1 Å². The zero-order chi connectivity index (χ0) is 33.8. The van der Waals surface area contributed by atoms with Crippen molar-refractivity contribution < 1.29 is 27.4 Å². The fourth-order valence-corrected chi connectivity index (χ4v) is 9.33. The fourth-order valence-electron chi connectivity index (χ4n) is 9.33. The van der Waals surface area contributed by atoms with Crippen molar-refractivity contribution in [3.05, 3.63) is 65.2 Å². The van der Waals surface area contributed by atoms with Crippen molar-refractivity contribution in [1.82, 2.24) is 20.2 Å². The highest BCUT2D eigenvalue weighted by molar-refractivity contribution is 6.04. The number of hydrogen-bond acceptors (Lipinski definition) is 7. The number of rotatable bonds is 6. The predicted octanol–water partition coefficient (Wildman–Crippen LogP) is 6.59. The van der Waals surface area contributed by atoms with Crippen LogP contribution in [-0.2, 0) is 0 Å². The number of hydrogen-bond donors (Lipinski definition) is 2. The number of benzene rings is 3. The van der Waals surface area contributed by atoms with E-state index in [0.29, 0.717) is 19.0 Å². The summed E-state index contributed by atoms with van der Waals surface area (Å²) in [5.41, 5.74) is -1.19. The number of anilines is 1. The summed E-state index contributed by atoms with van der Waals surface area (Å²) >= 11 is 0. The minimum absolute atomic E-state index is 0.0328. The van der Waals surface area contributed by atoms with Crippen molar-refractivity contribution in [2.75, 3.05) is 37.7 Å². The minimum atomic E-state index is -1.51. The molecular weight excluding hydrogens is 634 g/mol. The van der Waals surface area contributed by atoms with Gasteiger partial charge in [-0.3, -0.25) is 4.90 Å². The summed E-state index contributed by atoms with van der Waals surface area (Å²) in [6, 6.07) is 4.79. The van der Waals surface area contributed by atoms with Gasteiger partial charge in [0.25, 0.3) is 0 Å². The Morgan fingerprint density at radius 3 is 2.69 bits per heavy atom. The van der Waals surface area contributed by atoms with Crippen LogP contribution >= 0.6 is 0 Å². The highest BCUT2D eigenvalue weighted by atomic mass is 19.2. The van der Waals surface area contributed by atoms with Crippen LogP contribution in [0.2, 0.25) is 0 Å². The molecule has 11 heteroatoms. The molecule has 1 saturated carbocycles. The normalized spacial score (nSPS) is 26.6. The number of ether oxygens (including phenoxy) is 1. The zero-order valence-corrected chi connectivity index (χ0v) is 26.9. The zero-order valence-electron chi connectivity index (χ0n) is 26.9. The third-order valence-corrected chi connectivity index (χ3v) is 11.6. The first-order valence-electron chi connectivity index (χ1n) is 17.0. The van der Waals surface area contributed by atoms with Gasteiger partial charge in [0, 0.05) is 42.2 Å². The van der Waals surface area contributed by atoms with Crippen LogP contribution in [0.3, 0.4) is 0 Å². The van der Waals surface area contributed by atoms with Gasteiger partial charge in [0.15, 0.2) is 17.5 Å². The summed E-state index contributed by atoms with van der Waals surface area (Å²) in [7, 11) is 0. The van der Waals surface area contributed by atoms with Crippen LogP contribution in [0.25, 0.3) is 32.8 Å². The first kappa shape index (κ1) is 30.6. The van der Waals surface area contributed by atoms with Crippen molar-refractivity contribution in [3.63, 3.8) is 0 Å². The predicted molar refractivity (Wildman–Crippen MR) is 179 cm³/mol. The third kappa shape index (κ3) is 4.63. The lowest BCUT2D eigenvalue weighted by Gasteiger charge is -2.42. The van der Waals surface area contributed by atoms with Gasteiger partial charge >= 0.3 is 6.01 Å². The first-order valence-corrected chi connectivity index (χ1v) is 17.0. The summed E-state index contributed by atoms with van der Waals surface area (Å²) in [5, 5.41) is 14.2. The molecule has 5 fully saturated rings. The Morgan fingerprint density at radius 1 is 1.06 bits per heavy atom. The Labute approximate surface area is 281 Å². The largest absolute Gasteiger partial charge is 0.508 e. The molecule has 4 saturated heterocycles. The number of phenolic OH excluding ortho intramolecular Hbond substituents is 1. The maximum absolute atomic E-state index is 17.1. The van der Waals surface area contributed by atoms with E-state index in [1.807, 2.05) is 4.90 Å². The number of terminal acetylenes is 1. The van der Waals surface area contributed by atoms with E-state index in [0.717, 1.165) is 75.7 Å². The van der Waals surface area contributed by atoms with E-state index < -0.39 is 34.3 Å². The van der Waals surface area contributed by atoms with Gasteiger partial charge in [-0.05, 0) is 81.0 Å². The molecule has 2 N–H and O–H groups in total. The molecule has 3 atom stereocenters. The number of piperazine rings is 1. The molecule has 5 aliphatic rings. The Bertz CT molecular complexity index is 2150. The Kier molecular flexibility index (Phi) is 6.75. The molecule has 0 radical (unpaired) electrons. The second kappa shape index (κ2) is 10.8. The van der Waals surface area contributed by atoms with Gasteiger partial charge in [0.05, 0.1) is 22.1 Å². The maximum Gasteiger partial charge on any atom is 0.319 e. The lowest BCUT2D eigenvalue weighted by atomic mass is 9.90. The van der Waals surface area contributed by atoms with Crippen molar-refractivity contribution in [1.29, 1.82) is 0 Å². The summed E-state index contributed by atoms with van der Waals surface area (Å²) in [4.78, 5) is 13.4. The van der Waals surface area contributed by atoms with Gasteiger partial charge in [0.2, 0.25) is 0 Å². The van der Waals surface area contributed by atoms with Gasteiger partial charge in [0.1, 0.15) is 29.5 Å². The molecule has 2 bridgehead atoms. The van der Waals surface area contributed by atoms with Gasteiger partial charge in [-0.25, -0.2) is 17.6 Å². The van der Waals surface area contributed by atoms with Crippen LogP contribution in [0.15, 0.2) is 36.4 Å². The van der Waals surface area contributed by atoms with E-state index in [2.05, 4.69) is 27.7 Å². The van der Waals surface area contributed by atoms with Gasteiger partial charge in [-0.15, -0.1) is 6.42 Å². The number of aromatic hydroxyl groups is 1. The standard InChI is InChI=1S/C38H35F4N5O2/c1-3-25-27(39)8-5-21-13-24(48)14-26(28(21)25)29-31(40)32(41)30-34(33(29)42)43-36(49-19-37-10-4-12-47(37)16-20(2)15-37)44-35(30)46-17-23-9-11-38(18-46,45-23)22-6-7-22/h1,5,8,13-14,22-23,45,48H,2,4,6-7,9-12,15-19H2/t23-,37-,38+/m0/s1. The van der Waals surface area contributed by atoms with Crippen LogP contribution in [0, 0.1) is 41.5 Å². The summed E-state index contributed by atoms with van der Waals surface area (Å²) in [5.74, 6) is -2.39. The molecule has 0 spiro atoms. The summed E-state index contributed by atoms with van der Waals surface area (Å²) < 4.78 is 71.4. The SMILES string of the molecule is C#Cc1c(F)ccc2cc(O)cc(-c3c(F)c(F)c4c(N5C[C@@H]6CC[C@](C7CC7)(C5)N6)nc(OC[C@@]56CCCN5CC(=C)C6)nc4c3F)c12. The number of nitrogens with zero attached hydrogens (tertiary/aromatic N) is 4. The lowest BCUT2D eigenvalue weighted by molar-refractivity contribution is 0.108. The minimum Gasteiger partial charge on any atom is -0.508 e. The van der Waals surface area contributed by atoms with Crippen molar-refractivity contribution >= 4 is 27.5 Å². The molecule has 9 rings (SSSR count). The second-order valence-corrected chi connectivity index (χ2v) is 14.7. The molecule has 5 heterocycles. The number of fused-ring (bicyclic) bond motifs is 5. The Hall–Kier alpha value is -4.40. The molecule has 1 aromatic heterocycles. The molecule has 4 aliphatic heterocycles. The second-order valence-electron chi connectivity index (χ2n) is 14.7. The van der Waals surface area contributed by atoms with Crippen LogP contribution in [0.5, 0.6) is 11.8 Å². The number of phenols is 1. The summed E-state index contributed by atoms with van der Waals surface area (Å²) in [6.45, 7) is 7.09. The maximum atomic E-state index is 17.1. The summed E-state index contributed by atoms with van der Waals surface area (Å²) in [6.07, 6.45) is 12.4. The van der Waals surface area contributed by atoms with Crippen molar-refractivity contribution in [2.45, 2.75) is 62.1 Å². The van der Waals surface area contributed by atoms with Crippen LogP contribution in [0.4, 0.5) is 23.4 Å². The molecule has 49 heavy (non-hydrogen) atoms. The van der Waals surface area contributed by atoms with E-state index in [1.165, 1.54) is 12.1 Å². The van der Waals surface area contributed by atoms with Crippen LogP contribution in [-0.4, -0.2) is 69.9 Å². The van der Waals surface area contributed by atoms with Crippen molar-refractivity contribution in [3.8, 4) is 35.2 Å². The molecule has 0 unspecified atom stereocenters. The van der Waals surface area contributed by atoms with E-state index in [9.17, 15) is 9.50 Å². The molecule has 3 aromatic carbocycles. The molecule has 1 aliphatic carbocycles.